The molecule has 2 aliphatic rings. The summed E-state index contributed by atoms with van der Waals surface area (Å²) in [5, 5.41) is 14.4. The highest BCUT2D eigenvalue weighted by Gasteiger charge is 2.43. The standard InChI is InChI=1S/C24H22FN7O2/c1-12-15-8-14(25)5-6-17(15)32-20(29-24(2,3)23(32)33)9-16-21(18(10-26)31(4)30-16)13-7-19(34-12)22(27)28-11-13/h5-8,11-12H,9H2,1-4H3,(H2,27,28)/t12-/m1/s1. The Labute approximate surface area is 195 Å². The van der Waals surface area contributed by atoms with Crippen LogP contribution in [0.5, 0.6) is 5.75 Å². The Morgan fingerprint density at radius 2 is 2.09 bits per heavy atom. The maximum Gasteiger partial charge on any atom is 0.259 e. The summed E-state index contributed by atoms with van der Waals surface area (Å²) in [5.74, 6) is 0.160. The lowest BCUT2D eigenvalue weighted by molar-refractivity contribution is -0.120. The van der Waals surface area contributed by atoms with Gasteiger partial charge >= 0.3 is 0 Å². The molecular formula is C24H22FN7O2. The normalized spacial score (nSPS) is 18.5. The Morgan fingerprint density at radius 3 is 2.82 bits per heavy atom. The molecule has 2 bridgehead atoms. The van der Waals surface area contributed by atoms with E-state index in [1.165, 1.54) is 21.7 Å². The summed E-state index contributed by atoms with van der Waals surface area (Å²) in [4.78, 5) is 23.9. The SMILES string of the molecule is C[C@H]1Oc2cc(cnc2N)-c2c(nn(C)c2C#N)CC2=NC(C)(C)C(=O)N2c2ccc(F)cc21. The van der Waals surface area contributed by atoms with Crippen LogP contribution in [0.4, 0.5) is 15.9 Å². The third-order valence-corrected chi connectivity index (χ3v) is 6.09. The molecular weight excluding hydrogens is 437 g/mol. The van der Waals surface area contributed by atoms with Gasteiger partial charge in [0.25, 0.3) is 5.91 Å². The van der Waals surface area contributed by atoms with Crippen molar-refractivity contribution in [3.8, 4) is 22.9 Å². The van der Waals surface area contributed by atoms with Crippen molar-refractivity contribution in [2.24, 2.45) is 12.0 Å². The number of benzene rings is 1. The third kappa shape index (κ3) is 3.20. The molecule has 3 aromatic rings. The van der Waals surface area contributed by atoms with Crippen LogP contribution in [0, 0.1) is 17.1 Å². The number of aromatic nitrogens is 3. The largest absolute Gasteiger partial charge is 0.482 e. The van der Waals surface area contributed by atoms with Crippen LogP contribution in [0.1, 0.15) is 43.8 Å². The molecule has 0 spiro atoms. The number of aryl methyl sites for hydroxylation is 1. The lowest BCUT2D eigenvalue weighted by Crippen LogP contribution is -2.40. The molecule has 0 radical (unpaired) electrons. The van der Waals surface area contributed by atoms with E-state index in [1.54, 1.807) is 46.1 Å². The van der Waals surface area contributed by atoms with Crippen molar-refractivity contribution < 1.29 is 13.9 Å². The Hall–Kier alpha value is -4.26. The number of pyridine rings is 1. The number of nitrogens with zero attached hydrogens (tertiary/aromatic N) is 6. The average molecular weight is 459 g/mol. The number of hydrogen-bond donors (Lipinski definition) is 1. The molecule has 1 aromatic carbocycles. The minimum absolute atomic E-state index is 0.148. The molecule has 0 unspecified atom stereocenters. The monoisotopic (exact) mass is 459 g/mol. The first-order valence-electron chi connectivity index (χ1n) is 10.7. The van der Waals surface area contributed by atoms with E-state index in [0.717, 1.165) is 0 Å². The molecule has 4 heterocycles. The zero-order chi connectivity index (χ0) is 24.4. The average Bonchev–Trinajstić information content (AvgIpc) is 3.20. The fourth-order valence-electron chi connectivity index (χ4n) is 4.46. The molecule has 9 nitrogen and oxygen atoms in total. The summed E-state index contributed by atoms with van der Waals surface area (Å²) in [5.41, 5.74) is 8.01. The Kier molecular flexibility index (Phi) is 4.68. The molecule has 172 valence electrons. The summed E-state index contributed by atoms with van der Waals surface area (Å²) in [6.07, 6.45) is 1.05. The number of anilines is 2. The number of nitriles is 1. The van der Waals surface area contributed by atoms with Crippen molar-refractivity contribution in [2.75, 3.05) is 10.6 Å². The number of halogens is 1. The number of carbonyl (C=O) groups is 1. The Bertz CT molecular complexity index is 1430. The molecule has 2 N–H and O–H groups in total. The molecule has 34 heavy (non-hydrogen) atoms. The van der Waals surface area contributed by atoms with Crippen LogP contribution in [0.25, 0.3) is 11.1 Å². The van der Waals surface area contributed by atoms with E-state index in [0.29, 0.717) is 39.6 Å². The van der Waals surface area contributed by atoms with Gasteiger partial charge in [0.2, 0.25) is 0 Å². The van der Waals surface area contributed by atoms with E-state index in [-0.39, 0.29) is 23.9 Å². The molecule has 0 fully saturated rings. The number of amides is 1. The lowest BCUT2D eigenvalue weighted by atomic mass is 10.0. The summed E-state index contributed by atoms with van der Waals surface area (Å²) in [6, 6.07) is 8.07. The van der Waals surface area contributed by atoms with Crippen molar-refractivity contribution in [1.82, 2.24) is 14.8 Å². The van der Waals surface area contributed by atoms with Gasteiger partial charge in [-0.05, 0) is 45.0 Å². The van der Waals surface area contributed by atoms with E-state index in [2.05, 4.69) is 16.2 Å². The molecule has 10 heteroatoms. The van der Waals surface area contributed by atoms with Crippen LogP contribution in [0.15, 0.2) is 35.5 Å². The van der Waals surface area contributed by atoms with Gasteiger partial charge in [-0.3, -0.25) is 19.4 Å². The van der Waals surface area contributed by atoms with Crippen LogP contribution in [0.3, 0.4) is 0 Å². The zero-order valence-electron chi connectivity index (χ0n) is 19.1. The minimum atomic E-state index is -1.03. The first kappa shape index (κ1) is 21.6. The smallest absolute Gasteiger partial charge is 0.259 e. The predicted molar refractivity (Wildman–Crippen MR) is 124 cm³/mol. The molecule has 1 amide bonds. The number of aliphatic imine (C=N–C) groups is 1. The van der Waals surface area contributed by atoms with Crippen molar-refractivity contribution in [1.29, 1.82) is 5.26 Å². The molecule has 2 aliphatic heterocycles. The molecule has 5 rings (SSSR count). The van der Waals surface area contributed by atoms with E-state index in [9.17, 15) is 14.4 Å². The minimum Gasteiger partial charge on any atom is -0.482 e. The van der Waals surface area contributed by atoms with Crippen LogP contribution < -0.4 is 15.4 Å². The summed E-state index contributed by atoms with van der Waals surface area (Å²) in [6.45, 7) is 5.20. The number of carbonyl (C=O) groups excluding carboxylic acids is 1. The second kappa shape index (κ2) is 7.38. The fourth-order valence-corrected chi connectivity index (χ4v) is 4.46. The highest BCUT2D eigenvalue weighted by molar-refractivity contribution is 6.25. The number of amidine groups is 1. The van der Waals surface area contributed by atoms with Crippen LogP contribution in [-0.2, 0) is 18.3 Å². The van der Waals surface area contributed by atoms with Gasteiger partial charge in [0.15, 0.2) is 11.6 Å². The van der Waals surface area contributed by atoms with Crippen molar-refractivity contribution in [2.45, 2.75) is 38.8 Å². The number of hydrogen-bond acceptors (Lipinski definition) is 7. The summed E-state index contributed by atoms with van der Waals surface area (Å²) >= 11 is 0. The maximum atomic E-state index is 14.3. The van der Waals surface area contributed by atoms with Crippen molar-refractivity contribution in [3.63, 3.8) is 0 Å². The summed E-state index contributed by atoms with van der Waals surface area (Å²) in [7, 11) is 1.68. The van der Waals surface area contributed by atoms with Gasteiger partial charge < -0.3 is 10.5 Å². The second-order valence-corrected chi connectivity index (χ2v) is 8.88. The third-order valence-electron chi connectivity index (χ3n) is 6.09. The fraction of sp³-hybridized carbons (Fsp3) is 0.292. The number of nitrogens with two attached hydrogens (primary N) is 1. The van der Waals surface area contributed by atoms with Crippen LogP contribution in [0.2, 0.25) is 0 Å². The first-order chi connectivity index (χ1) is 16.1. The van der Waals surface area contributed by atoms with E-state index < -0.39 is 17.5 Å². The Balaban J connectivity index is 1.82. The van der Waals surface area contributed by atoms with Gasteiger partial charge in [0.1, 0.15) is 35.1 Å². The molecule has 1 atom stereocenters. The van der Waals surface area contributed by atoms with E-state index in [1.807, 2.05) is 0 Å². The van der Waals surface area contributed by atoms with Gasteiger partial charge in [-0.1, -0.05) is 0 Å². The van der Waals surface area contributed by atoms with Gasteiger partial charge in [-0.25, -0.2) is 9.37 Å². The highest BCUT2D eigenvalue weighted by atomic mass is 19.1. The quantitative estimate of drug-likeness (QED) is 0.550. The van der Waals surface area contributed by atoms with Crippen LogP contribution in [-0.4, -0.2) is 32.0 Å². The van der Waals surface area contributed by atoms with E-state index >= 15 is 0 Å². The van der Waals surface area contributed by atoms with Crippen LogP contribution >= 0.6 is 0 Å². The highest BCUT2D eigenvalue weighted by Crippen LogP contribution is 2.40. The number of ether oxygens (including phenoxy) is 1. The number of nitrogen functional groups attached to an aromatic ring is 1. The van der Waals surface area contributed by atoms with Crippen molar-refractivity contribution in [3.05, 3.63) is 53.2 Å². The zero-order valence-corrected chi connectivity index (χ0v) is 19.1. The summed E-state index contributed by atoms with van der Waals surface area (Å²) < 4.78 is 21.9. The topological polar surface area (TPSA) is 122 Å². The van der Waals surface area contributed by atoms with Gasteiger partial charge in [-0.2, -0.15) is 10.4 Å². The molecule has 0 saturated heterocycles. The first-order valence-corrected chi connectivity index (χ1v) is 10.7. The molecule has 2 aromatic heterocycles. The number of fused-ring (bicyclic) bond motifs is 7. The maximum absolute atomic E-state index is 14.3. The lowest BCUT2D eigenvalue weighted by Gasteiger charge is -2.27. The van der Waals surface area contributed by atoms with Gasteiger partial charge in [-0.15, -0.1) is 0 Å². The molecule has 0 aliphatic carbocycles. The molecule has 0 saturated carbocycles. The second-order valence-electron chi connectivity index (χ2n) is 8.88. The van der Waals surface area contributed by atoms with E-state index in [4.69, 9.17) is 15.5 Å². The Morgan fingerprint density at radius 1 is 1.32 bits per heavy atom. The number of rotatable bonds is 0. The van der Waals surface area contributed by atoms with Gasteiger partial charge in [0, 0.05) is 29.9 Å². The predicted octanol–water partition coefficient (Wildman–Crippen LogP) is 3.29. The van der Waals surface area contributed by atoms with Crippen molar-refractivity contribution >= 4 is 23.2 Å². The van der Waals surface area contributed by atoms with Gasteiger partial charge in [0.05, 0.1) is 17.8 Å².